The third kappa shape index (κ3) is 6.00. The molecule has 1 N–H and O–H groups in total. The number of nitro groups is 1. The monoisotopic (exact) mass is 459 g/mol. The van der Waals surface area contributed by atoms with Crippen molar-refractivity contribution in [2.24, 2.45) is 5.10 Å². The molecule has 0 atom stereocenters. The van der Waals surface area contributed by atoms with Crippen molar-refractivity contribution in [1.29, 1.82) is 0 Å². The molecule has 0 amide bonds. The third-order valence-electron chi connectivity index (χ3n) is 4.73. The van der Waals surface area contributed by atoms with Crippen LogP contribution in [0.25, 0.3) is 0 Å². The van der Waals surface area contributed by atoms with E-state index in [1.54, 1.807) is 0 Å². The quantitative estimate of drug-likeness (QED) is 0.255. The zero-order valence-electron chi connectivity index (χ0n) is 17.7. The maximum absolute atomic E-state index is 12.6. The van der Waals surface area contributed by atoms with E-state index in [4.69, 9.17) is 9.47 Å². The topological polar surface area (TPSA) is 86.0 Å². The van der Waals surface area contributed by atoms with E-state index in [0.29, 0.717) is 11.3 Å². The minimum absolute atomic E-state index is 0.0152. The summed E-state index contributed by atoms with van der Waals surface area (Å²) in [5.41, 5.74) is 4.01. The van der Waals surface area contributed by atoms with Crippen LogP contribution >= 0.6 is 0 Å². The summed E-state index contributed by atoms with van der Waals surface area (Å²) in [6.07, 6.45) is -3.14. The van der Waals surface area contributed by atoms with Crippen LogP contribution in [0.2, 0.25) is 0 Å². The standard InChI is InChI=1S/C23H20F3N3O4/c1-15-5-3-4-6-17(15)14-33-22-20(29(30)31)11-16(12-21(22)32-2)13-27-28-19-9-7-18(8-10-19)23(24,25)26/h3-13,28H,14H2,1-2H3. The van der Waals surface area contributed by atoms with Crippen LogP contribution in [0.4, 0.5) is 24.5 Å². The Labute approximate surface area is 187 Å². The lowest BCUT2D eigenvalue weighted by atomic mass is 10.1. The number of hydrogen-bond acceptors (Lipinski definition) is 6. The first-order valence-corrected chi connectivity index (χ1v) is 9.69. The van der Waals surface area contributed by atoms with E-state index in [-0.39, 0.29) is 23.8 Å². The van der Waals surface area contributed by atoms with Crippen LogP contribution in [-0.4, -0.2) is 18.2 Å². The number of nitro benzene ring substituents is 1. The predicted molar refractivity (Wildman–Crippen MR) is 118 cm³/mol. The minimum atomic E-state index is -4.43. The van der Waals surface area contributed by atoms with Gasteiger partial charge in [0.25, 0.3) is 0 Å². The molecule has 10 heteroatoms. The van der Waals surface area contributed by atoms with Gasteiger partial charge in [-0.05, 0) is 48.4 Å². The molecule has 0 spiro atoms. The van der Waals surface area contributed by atoms with Gasteiger partial charge in [0.05, 0.1) is 29.5 Å². The number of benzene rings is 3. The van der Waals surface area contributed by atoms with Gasteiger partial charge in [-0.2, -0.15) is 18.3 Å². The highest BCUT2D eigenvalue weighted by atomic mass is 19.4. The van der Waals surface area contributed by atoms with E-state index in [0.717, 1.165) is 23.3 Å². The number of halogens is 3. The summed E-state index contributed by atoms with van der Waals surface area (Å²) in [4.78, 5) is 11.1. The summed E-state index contributed by atoms with van der Waals surface area (Å²) in [5.74, 6) is 0.132. The molecule has 3 rings (SSSR count). The Morgan fingerprint density at radius 1 is 1.12 bits per heavy atom. The van der Waals surface area contributed by atoms with Crippen LogP contribution in [-0.2, 0) is 12.8 Å². The lowest BCUT2D eigenvalue weighted by Gasteiger charge is -2.13. The first-order chi connectivity index (χ1) is 15.7. The number of hydrazone groups is 1. The molecule has 172 valence electrons. The normalized spacial score (nSPS) is 11.4. The Bertz CT molecular complexity index is 1160. The van der Waals surface area contributed by atoms with Crippen molar-refractivity contribution in [2.45, 2.75) is 19.7 Å². The second-order valence-corrected chi connectivity index (χ2v) is 6.99. The number of methoxy groups -OCH3 is 1. The lowest BCUT2D eigenvalue weighted by molar-refractivity contribution is -0.386. The van der Waals surface area contributed by atoms with Gasteiger partial charge in [-0.15, -0.1) is 0 Å². The van der Waals surface area contributed by atoms with Gasteiger partial charge < -0.3 is 9.47 Å². The number of alkyl halides is 3. The molecular formula is C23H20F3N3O4. The Morgan fingerprint density at radius 3 is 2.42 bits per heavy atom. The molecule has 3 aromatic rings. The van der Waals surface area contributed by atoms with E-state index in [1.165, 1.54) is 37.6 Å². The summed E-state index contributed by atoms with van der Waals surface area (Å²) in [5, 5.41) is 15.6. The number of ether oxygens (including phenoxy) is 2. The number of aryl methyl sites for hydroxylation is 1. The van der Waals surface area contributed by atoms with Crippen molar-refractivity contribution in [1.82, 2.24) is 0 Å². The van der Waals surface area contributed by atoms with Gasteiger partial charge in [0.2, 0.25) is 5.75 Å². The smallest absolute Gasteiger partial charge is 0.416 e. The molecule has 3 aromatic carbocycles. The fourth-order valence-electron chi connectivity index (χ4n) is 2.95. The van der Waals surface area contributed by atoms with Crippen molar-refractivity contribution in [3.63, 3.8) is 0 Å². The maximum Gasteiger partial charge on any atom is 0.416 e. The zero-order chi connectivity index (χ0) is 24.0. The van der Waals surface area contributed by atoms with Gasteiger partial charge in [0.1, 0.15) is 6.61 Å². The Hall–Kier alpha value is -4.08. The van der Waals surface area contributed by atoms with Crippen molar-refractivity contribution in [3.05, 3.63) is 93.0 Å². The largest absolute Gasteiger partial charge is 0.493 e. The molecular weight excluding hydrogens is 439 g/mol. The molecule has 0 radical (unpaired) electrons. The molecule has 0 aromatic heterocycles. The molecule has 7 nitrogen and oxygen atoms in total. The molecule has 33 heavy (non-hydrogen) atoms. The van der Waals surface area contributed by atoms with Gasteiger partial charge in [-0.25, -0.2) is 0 Å². The average molecular weight is 459 g/mol. The predicted octanol–water partition coefficient (Wildman–Crippen LogP) is 5.96. The molecule has 0 saturated carbocycles. The van der Waals surface area contributed by atoms with E-state index in [2.05, 4.69) is 10.5 Å². The average Bonchev–Trinajstić information content (AvgIpc) is 2.78. The summed E-state index contributed by atoms with van der Waals surface area (Å²) < 4.78 is 49.0. The molecule has 0 aliphatic carbocycles. The van der Waals surface area contributed by atoms with Crippen molar-refractivity contribution >= 4 is 17.6 Å². The van der Waals surface area contributed by atoms with Gasteiger partial charge in [0.15, 0.2) is 5.75 Å². The van der Waals surface area contributed by atoms with Crippen LogP contribution in [0.1, 0.15) is 22.3 Å². The van der Waals surface area contributed by atoms with E-state index in [9.17, 15) is 23.3 Å². The Balaban J connectivity index is 1.79. The minimum Gasteiger partial charge on any atom is -0.493 e. The van der Waals surface area contributed by atoms with E-state index < -0.39 is 16.7 Å². The number of anilines is 1. The van der Waals surface area contributed by atoms with Gasteiger partial charge in [-0.3, -0.25) is 15.5 Å². The SMILES string of the molecule is COc1cc(C=NNc2ccc(C(F)(F)F)cc2)cc([N+](=O)[O-])c1OCc1ccccc1C. The summed E-state index contributed by atoms with van der Waals surface area (Å²) in [7, 11) is 1.36. The molecule has 0 aliphatic rings. The van der Waals surface area contributed by atoms with Gasteiger partial charge >= 0.3 is 11.9 Å². The molecule has 0 unspecified atom stereocenters. The first-order valence-electron chi connectivity index (χ1n) is 9.69. The summed E-state index contributed by atoms with van der Waals surface area (Å²) >= 11 is 0. The third-order valence-corrected chi connectivity index (χ3v) is 4.73. The fraction of sp³-hybridized carbons (Fsp3) is 0.174. The van der Waals surface area contributed by atoms with E-state index in [1.807, 2.05) is 31.2 Å². The number of hydrogen-bond donors (Lipinski definition) is 1. The molecule has 0 bridgehead atoms. The maximum atomic E-state index is 12.6. The second-order valence-electron chi connectivity index (χ2n) is 6.99. The number of rotatable bonds is 8. The first kappa shape index (κ1) is 23.6. The Morgan fingerprint density at radius 2 is 1.82 bits per heavy atom. The van der Waals surface area contributed by atoms with Gasteiger partial charge in [0, 0.05) is 11.6 Å². The fourth-order valence-corrected chi connectivity index (χ4v) is 2.95. The summed E-state index contributed by atoms with van der Waals surface area (Å²) in [6, 6.07) is 14.6. The van der Waals surface area contributed by atoms with Crippen molar-refractivity contribution in [2.75, 3.05) is 12.5 Å². The number of nitrogens with one attached hydrogen (secondary N) is 1. The highest BCUT2D eigenvalue weighted by Gasteiger charge is 2.30. The molecule has 0 saturated heterocycles. The molecule has 0 fully saturated rings. The van der Waals surface area contributed by atoms with Crippen molar-refractivity contribution in [3.8, 4) is 11.5 Å². The van der Waals surface area contributed by atoms with Crippen LogP contribution in [0, 0.1) is 17.0 Å². The Kier molecular flexibility index (Phi) is 7.17. The zero-order valence-corrected chi connectivity index (χ0v) is 17.7. The second kappa shape index (κ2) is 10.0. The molecule has 0 heterocycles. The van der Waals surface area contributed by atoms with Crippen LogP contribution in [0.5, 0.6) is 11.5 Å². The highest BCUT2D eigenvalue weighted by molar-refractivity contribution is 5.83. The highest BCUT2D eigenvalue weighted by Crippen LogP contribution is 2.38. The van der Waals surface area contributed by atoms with Gasteiger partial charge in [-0.1, -0.05) is 24.3 Å². The van der Waals surface area contributed by atoms with Crippen LogP contribution in [0.15, 0.2) is 65.8 Å². The van der Waals surface area contributed by atoms with Crippen LogP contribution < -0.4 is 14.9 Å². The lowest BCUT2D eigenvalue weighted by Crippen LogP contribution is -2.04. The number of nitrogens with zero attached hydrogens (tertiary/aromatic N) is 2. The summed E-state index contributed by atoms with van der Waals surface area (Å²) in [6.45, 7) is 2.03. The van der Waals surface area contributed by atoms with Crippen molar-refractivity contribution < 1.29 is 27.6 Å². The van der Waals surface area contributed by atoms with Crippen LogP contribution in [0.3, 0.4) is 0 Å². The van der Waals surface area contributed by atoms with E-state index >= 15 is 0 Å². The molecule has 0 aliphatic heterocycles.